The van der Waals surface area contributed by atoms with Crippen molar-refractivity contribution in [1.82, 2.24) is 14.5 Å². The van der Waals surface area contributed by atoms with E-state index in [1.807, 2.05) is 0 Å². The maximum atomic E-state index is 5.87. The molecular weight excluding hydrogens is 282 g/mol. The Balaban J connectivity index is 1.63. The van der Waals surface area contributed by atoms with Crippen molar-refractivity contribution in [1.29, 1.82) is 0 Å². The van der Waals surface area contributed by atoms with Crippen LogP contribution in [0, 0.1) is 13.8 Å². The summed E-state index contributed by atoms with van der Waals surface area (Å²) in [7, 11) is 0. The van der Waals surface area contributed by atoms with Gasteiger partial charge in [0.1, 0.15) is 10.7 Å². The van der Waals surface area contributed by atoms with Crippen molar-refractivity contribution in [3.8, 4) is 0 Å². The summed E-state index contributed by atoms with van der Waals surface area (Å²) < 4.78 is 3.90. The van der Waals surface area contributed by atoms with Gasteiger partial charge in [-0.2, -0.15) is 0 Å². The molecule has 1 aromatic heterocycles. The van der Waals surface area contributed by atoms with Crippen molar-refractivity contribution in [2.45, 2.75) is 20.4 Å². The Hall–Kier alpha value is -1.66. The summed E-state index contributed by atoms with van der Waals surface area (Å²) in [5.41, 5.74) is 10.9. The second-order valence-corrected chi connectivity index (χ2v) is 6.35. The first-order chi connectivity index (χ1) is 10.1. The van der Waals surface area contributed by atoms with Gasteiger partial charge in [0.15, 0.2) is 0 Å². The predicted molar refractivity (Wildman–Crippen MR) is 87.7 cm³/mol. The van der Waals surface area contributed by atoms with Gasteiger partial charge in [-0.05, 0) is 31.0 Å². The van der Waals surface area contributed by atoms with Crippen LogP contribution < -0.4 is 10.6 Å². The molecule has 0 unspecified atom stereocenters. The van der Waals surface area contributed by atoms with Crippen LogP contribution in [0.25, 0.3) is 0 Å². The molecule has 0 bridgehead atoms. The van der Waals surface area contributed by atoms with Gasteiger partial charge in [0, 0.05) is 49.9 Å². The third-order valence-electron chi connectivity index (χ3n) is 4.25. The van der Waals surface area contributed by atoms with Gasteiger partial charge in [0.2, 0.25) is 0 Å². The SMILES string of the molecule is Cc1cccc(N2CCN(Cc3nnsc3N)CC2)c1C. The third kappa shape index (κ3) is 3.01. The minimum Gasteiger partial charge on any atom is -0.388 e. The molecule has 1 aliphatic rings. The van der Waals surface area contributed by atoms with E-state index in [1.165, 1.54) is 28.3 Å². The lowest BCUT2D eigenvalue weighted by Crippen LogP contribution is -2.46. The van der Waals surface area contributed by atoms with Crippen LogP contribution in [-0.2, 0) is 6.54 Å². The second-order valence-electron chi connectivity index (χ2n) is 5.57. The molecule has 112 valence electrons. The summed E-state index contributed by atoms with van der Waals surface area (Å²) in [6.45, 7) is 9.34. The molecule has 3 rings (SSSR count). The number of piperazine rings is 1. The molecular formula is C15H21N5S. The topological polar surface area (TPSA) is 58.3 Å². The zero-order valence-electron chi connectivity index (χ0n) is 12.5. The van der Waals surface area contributed by atoms with Crippen LogP contribution in [-0.4, -0.2) is 40.7 Å². The van der Waals surface area contributed by atoms with Gasteiger partial charge >= 0.3 is 0 Å². The van der Waals surface area contributed by atoms with Crippen LogP contribution in [0.1, 0.15) is 16.8 Å². The van der Waals surface area contributed by atoms with Crippen molar-refractivity contribution >= 4 is 22.2 Å². The lowest BCUT2D eigenvalue weighted by Gasteiger charge is -2.36. The Labute approximate surface area is 129 Å². The Morgan fingerprint density at radius 3 is 2.62 bits per heavy atom. The lowest BCUT2D eigenvalue weighted by atomic mass is 10.1. The van der Waals surface area contributed by atoms with E-state index < -0.39 is 0 Å². The summed E-state index contributed by atoms with van der Waals surface area (Å²) >= 11 is 1.27. The molecule has 6 heteroatoms. The predicted octanol–water partition coefficient (Wildman–Crippen LogP) is 2.06. The van der Waals surface area contributed by atoms with Gasteiger partial charge < -0.3 is 10.6 Å². The standard InChI is InChI=1S/C15H21N5S/c1-11-4-3-5-14(12(11)2)20-8-6-19(7-9-20)10-13-15(16)21-18-17-13/h3-5H,6-10,16H2,1-2H3. The van der Waals surface area contributed by atoms with Gasteiger partial charge in [-0.25, -0.2) is 0 Å². The highest BCUT2D eigenvalue weighted by Crippen LogP contribution is 2.24. The molecule has 1 aromatic carbocycles. The summed E-state index contributed by atoms with van der Waals surface area (Å²) in [4.78, 5) is 4.87. The van der Waals surface area contributed by atoms with E-state index in [9.17, 15) is 0 Å². The van der Waals surface area contributed by atoms with Crippen molar-refractivity contribution in [2.75, 3.05) is 36.8 Å². The molecule has 0 aliphatic carbocycles. The van der Waals surface area contributed by atoms with E-state index in [0.717, 1.165) is 43.4 Å². The van der Waals surface area contributed by atoms with Gasteiger partial charge in [-0.1, -0.05) is 16.6 Å². The molecule has 0 spiro atoms. The molecule has 2 N–H and O–H groups in total. The average Bonchev–Trinajstić information content (AvgIpc) is 2.88. The fourth-order valence-corrected chi connectivity index (χ4v) is 3.20. The first-order valence-corrected chi connectivity index (χ1v) is 8.02. The molecule has 0 saturated carbocycles. The third-order valence-corrected chi connectivity index (χ3v) is 4.84. The number of hydrogen-bond acceptors (Lipinski definition) is 6. The average molecular weight is 303 g/mol. The van der Waals surface area contributed by atoms with Crippen molar-refractivity contribution < 1.29 is 0 Å². The fraction of sp³-hybridized carbons (Fsp3) is 0.467. The van der Waals surface area contributed by atoms with Crippen molar-refractivity contribution in [3.05, 3.63) is 35.0 Å². The van der Waals surface area contributed by atoms with E-state index >= 15 is 0 Å². The maximum absolute atomic E-state index is 5.87. The quantitative estimate of drug-likeness (QED) is 0.940. The number of benzene rings is 1. The van der Waals surface area contributed by atoms with Gasteiger partial charge in [0.25, 0.3) is 0 Å². The summed E-state index contributed by atoms with van der Waals surface area (Å²) in [6, 6.07) is 6.54. The van der Waals surface area contributed by atoms with E-state index in [1.54, 1.807) is 0 Å². The summed E-state index contributed by atoms with van der Waals surface area (Å²) in [5, 5.41) is 4.84. The second kappa shape index (κ2) is 5.99. The molecule has 21 heavy (non-hydrogen) atoms. The Kier molecular flexibility index (Phi) is 4.07. The molecule has 0 amide bonds. The van der Waals surface area contributed by atoms with Crippen molar-refractivity contribution in [2.24, 2.45) is 0 Å². The lowest BCUT2D eigenvalue weighted by molar-refractivity contribution is 0.247. The Morgan fingerprint density at radius 2 is 1.95 bits per heavy atom. The Bertz CT molecular complexity index is 616. The van der Waals surface area contributed by atoms with Crippen LogP contribution in [0.15, 0.2) is 18.2 Å². The molecule has 1 aliphatic heterocycles. The first kappa shape index (κ1) is 14.3. The minimum absolute atomic E-state index is 0.743. The minimum atomic E-state index is 0.743. The van der Waals surface area contributed by atoms with E-state index in [0.29, 0.717) is 0 Å². The van der Waals surface area contributed by atoms with Gasteiger partial charge in [-0.3, -0.25) is 4.90 Å². The smallest absolute Gasteiger partial charge is 0.132 e. The van der Waals surface area contributed by atoms with Crippen molar-refractivity contribution in [3.63, 3.8) is 0 Å². The van der Waals surface area contributed by atoms with Crippen LogP contribution in [0.4, 0.5) is 10.7 Å². The van der Waals surface area contributed by atoms with Crippen LogP contribution in [0.5, 0.6) is 0 Å². The molecule has 2 aromatic rings. The molecule has 2 heterocycles. The summed E-state index contributed by atoms with van der Waals surface area (Å²) in [6.07, 6.45) is 0. The number of aryl methyl sites for hydroxylation is 1. The number of aromatic nitrogens is 2. The monoisotopic (exact) mass is 303 g/mol. The highest BCUT2D eigenvalue weighted by molar-refractivity contribution is 7.09. The van der Waals surface area contributed by atoms with Crippen LogP contribution in [0.3, 0.4) is 0 Å². The van der Waals surface area contributed by atoms with E-state index in [-0.39, 0.29) is 0 Å². The zero-order chi connectivity index (χ0) is 14.8. The highest BCUT2D eigenvalue weighted by atomic mass is 32.1. The van der Waals surface area contributed by atoms with Gasteiger partial charge in [-0.15, -0.1) is 5.10 Å². The fourth-order valence-electron chi connectivity index (χ4n) is 2.76. The van der Waals surface area contributed by atoms with Crippen LogP contribution >= 0.6 is 11.5 Å². The van der Waals surface area contributed by atoms with E-state index in [2.05, 4.69) is 51.4 Å². The maximum Gasteiger partial charge on any atom is 0.132 e. The summed E-state index contributed by atoms with van der Waals surface area (Å²) in [5.74, 6) is 0. The number of nitrogens with two attached hydrogens (primary N) is 1. The number of rotatable bonds is 3. The largest absolute Gasteiger partial charge is 0.388 e. The first-order valence-electron chi connectivity index (χ1n) is 7.25. The van der Waals surface area contributed by atoms with Gasteiger partial charge in [0.05, 0.1) is 0 Å². The molecule has 5 nitrogen and oxygen atoms in total. The molecule has 0 radical (unpaired) electrons. The molecule has 1 fully saturated rings. The van der Waals surface area contributed by atoms with Crippen LogP contribution in [0.2, 0.25) is 0 Å². The molecule has 1 saturated heterocycles. The normalized spacial score (nSPS) is 16.4. The van der Waals surface area contributed by atoms with E-state index in [4.69, 9.17) is 5.73 Å². The highest BCUT2D eigenvalue weighted by Gasteiger charge is 2.20. The number of hydrogen-bond donors (Lipinski definition) is 1. The number of nitrogens with zero attached hydrogens (tertiary/aromatic N) is 4. The number of anilines is 2. The zero-order valence-corrected chi connectivity index (χ0v) is 13.4. The number of nitrogen functional groups attached to an aromatic ring is 1. The molecule has 0 atom stereocenters. The Morgan fingerprint density at radius 1 is 1.19 bits per heavy atom.